The Bertz CT molecular complexity index is 158. The number of hydrogen-bond donors (Lipinski definition) is 0. The van der Waals surface area contributed by atoms with Crippen molar-refractivity contribution in [1.29, 1.82) is 0 Å². The molecular formula is C10H14. The van der Waals surface area contributed by atoms with Gasteiger partial charge in [0.05, 0.1) is 0 Å². The monoisotopic (exact) mass is 134 g/mol. The van der Waals surface area contributed by atoms with E-state index < -0.39 is 0 Å². The molecule has 10 heavy (non-hydrogen) atoms. The van der Waals surface area contributed by atoms with Crippen molar-refractivity contribution in [3.63, 3.8) is 0 Å². The summed E-state index contributed by atoms with van der Waals surface area (Å²) in [6, 6.07) is 0. The molecular weight excluding hydrogens is 120 g/mol. The van der Waals surface area contributed by atoms with E-state index in [0.29, 0.717) is 0 Å². The summed E-state index contributed by atoms with van der Waals surface area (Å²) in [6.07, 6.45) is 9.83. The van der Waals surface area contributed by atoms with Crippen molar-refractivity contribution in [2.45, 2.75) is 38.5 Å². The lowest BCUT2D eigenvalue weighted by molar-refractivity contribution is -0.309. The summed E-state index contributed by atoms with van der Waals surface area (Å²) < 4.78 is 0. The summed E-state index contributed by atoms with van der Waals surface area (Å²) in [5, 5.41) is 0. The largest absolute Gasteiger partial charge is 0.0441 e. The molecule has 0 spiro atoms. The van der Waals surface area contributed by atoms with Crippen LogP contribution in [0.15, 0.2) is 0 Å². The first kappa shape index (κ1) is 4.79. The first-order valence-corrected chi connectivity index (χ1v) is 4.82. The minimum absolute atomic E-state index is 0.965. The lowest BCUT2D eigenvalue weighted by Gasteiger charge is -2.81. The summed E-state index contributed by atoms with van der Waals surface area (Å²) in [7, 11) is 0. The summed E-state index contributed by atoms with van der Waals surface area (Å²) in [5.74, 6) is 2.41. The maximum absolute atomic E-state index is 1.64. The zero-order valence-corrected chi connectivity index (χ0v) is 6.40. The summed E-state index contributed by atoms with van der Waals surface area (Å²) in [6.45, 7) is 0. The van der Waals surface area contributed by atoms with Crippen molar-refractivity contribution in [2.75, 3.05) is 0 Å². The van der Waals surface area contributed by atoms with Crippen LogP contribution < -0.4 is 0 Å². The van der Waals surface area contributed by atoms with E-state index in [9.17, 15) is 0 Å². The molecule has 0 atom stereocenters. The van der Waals surface area contributed by atoms with Crippen molar-refractivity contribution < 1.29 is 0 Å². The molecule has 0 heteroatoms. The molecule has 0 aromatic carbocycles. The van der Waals surface area contributed by atoms with E-state index >= 15 is 0 Å². The molecule has 6 saturated carbocycles. The maximum Gasteiger partial charge on any atom is -0.0233 e. The fourth-order valence-corrected chi connectivity index (χ4v) is 4.26. The van der Waals surface area contributed by atoms with Crippen LogP contribution in [0.25, 0.3) is 0 Å². The van der Waals surface area contributed by atoms with E-state index in [0.717, 1.165) is 10.8 Å². The first-order chi connectivity index (χ1) is 4.82. The molecule has 6 aliphatic carbocycles. The third-order valence-electron chi connectivity index (χ3n) is 5.20. The highest BCUT2D eigenvalue weighted by Crippen LogP contribution is 2.84. The van der Waals surface area contributed by atoms with Crippen LogP contribution in [-0.4, -0.2) is 0 Å². The fraction of sp³-hybridized carbons (Fsp3) is 1.00. The molecule has 6 aliphatic rings. The van der Waals surface area contributed by atoms with Gasteiger partial charge in [0.25, 0.3) is 0 Å². The Kier molecular flexibility index (Phi) is 0.479. The van der Waals surface area contributed by atoms with Gasteiger partial charge in [-0.2, -0.15) is 0 Å². The molecule has 0 aromatic rings. The van der Waals surface area contributed by atoms with Crippen LogP contribution in [-0.2, 0) is 0 Å². The molecule has 0 unspecified atom stereocenters. The number of hydrogen-bond acceptors (Lipinski definition) is 0. The van der Waals surface area contributed by atoms with Crippen LogP contribution >= 0.6 is 0 Å². The van der Waals surface area contributed by atoms with Crippen molar-refractivity contribution in [3.8, 4) is 0 Å². The summed E-state index contributed by atoms with van der Waals surface area (Å²) in [5.41, 5.74) is 1.93. The second kappa shape index (κ2) is 1.00. The minimum Gasteiger partial charge on any atom is -0.0441 e. The predicted octanol–water partition coefficient (Wildman–Crippen LogP) is 2.59. The Labute approximate surface area is 62.0 Å². The van der Waals surface area contributed by atoms with E-state index in [1.165, 1.54) is 11.8 Å². The molecule has 0 amide bonds. The highest BCUT2D eigenvalue weighted by Gasteiger charge is 2.74. The highest BCUT2D eigenvalue weighted by atomic mass is 14.8. The number of rotatable bonds is 1. The topological polar surface area (TPSA) is 0 Å². The van der Waals surface area contributed by atoms with E-state index in [1.54, 1.807) is 38.5 Å². The van der Waals surface area contributed by atoms with Crippen LogP contribution in [0.5, 0.6) is 0 Å². The normalized spacial score (nSPS) is 74.4. The van der Waals surface area contributed by atoms with Gasteiger partial charge in [-0.15, -0.1) is 0 Å². The van der Waals surface area contributed by atoms with E-state index in [1.807, 2.05) is 0 Å². The van der Waals surface area contributed by atoms with Crippen LogP contribution in [0.2, 0.25) is 0 Å². The van der Waals surface area contributed by atoms with Gasteiger partial charge >= 0.3 is 0 Å². The van der Waals surface area contributed by atoms with Crippen LogP contribution in [0.1, 0.15) is 38.5 Å². The van der Waals surface area contributed by atoms with E-state index in [2.05, 4.69) is 0 Å². The maximum atomic E-state index is 1.64. The van der Waals surface area contributed by atoms with Crippen molar-refractivity contribution in [3.05, 3.63) is 0 Å². The summed E-state index contributed by atoms with van der Waals surface area (Å²) in [4.78, 5) is 0. The van der Waals surface area contributed by atoms with Crippen LogP contribution in [0.3, 0.4) is 0 Å². The molecule has 0 heterocycles. The molecule has 0 aliphatic heterocycles. The lowest BCUT2D eigenvalue weighted by Crippen LogP contribution is -2.71. The second-order valence-electron chi connectivity index (χ2n) is 5.52. The second-order valence-corrected chi connectivity index (χ2v) is 5.52. The Morgan fingerprint density at radius 2 is 0.900 bits per heavy atom. The van der Waals surface area contributed by atoms with Gasteiger partial charge in [0.2, 0.25) is 0 Å². The van der Waals surface area contributed by atoms with Crippen LogP contribution in [0.4, 0.5) is 0 Å². The third-order valence-corrected chi connectivity index (χ3v) is 5.20. The quantitative estimate of drug-likeness (QED) is 0.517. The van der Waals surface area contributed by atoms with Crippen molar-refractivity contribution in [1.82, 2.24) is 0 Å². The van der Waals surface area contributed by atoms with Gasteiger partial charge in [0.15, 0.2) is 0 Å². The molecule has 0 radical (unpaired) electrons. The molecule has 54 valence electrons. The van der Waals surface area contributed by atoms with Crippen molar-refractivity contribution >= 4 is 0 Å². The average Bonchev–Trinajstić information content (AvgIpc) is 1.36. The third kappa shape index (κ3) is 0.258. The standard InChI is InChI=1S/C10H14/c1-7-2-9(1,3-7)10-4-8(5-10)6-10/h7-8H,1-6H2. The van der Waals surface area contributed by atoms with E-state index in [-0.39, 0.29) is 0 Å². The highest BCUT2D eigenvalue weighted by molar-refractivity contribution is 5.24. The van der Waals surface area contributed by atoms with E-state index in [4.69, 9.17) is 0 Å². The van der Waals surface area contributed by atoms with Gasteiger partial charge in [0, 0.05) is 0 Å². The molecule has 6 rings (SSSR count). The molecule has 0 nitrogen and oxygen atoms in total. The molecule has 0 saturated heterocycles. The molecule has 6 fully saturated rings. The Balaban J connectivity index is 1.73. The smallest absolute Gasteiger partial charge is 0.0233 e. The fourth-order valence-electron chi connectivity index (χ4n) is 4.26. The molecule has 0 aromatic heterocycles. The Morgan fingerprint density at radius 3 is 1.00 bits per heavy atom. The average molecular weight is 134 g/mol. The van der Waals surface area contributed by atoms with Gasteiger partial charge < -0.3 is 0 Å². The Hall–Kier alpha value is 0. The Morgan fingerprint density at radius 1 is 0.600 bits per heavy atom. The zero-order valence-electron chi connectivity index (χ0n) is 6.40. The SMILES string of the molecule is C1C2CC1(C13CC(C1)C3)C2. The molecule has 4 bridgehead atoms. The summed E-state index contributed by atoms with van der Waals surface area (Å²) >= 11 is 0. The first-order valence-electron chi connectivity index (χ1n) is 4.82. The predicted molar refractivity (Wildman–Crippen MR) is 39.5 cm³/mol. The van der Waals surface area contributed by atoms with Gasteiger partial charge in [-0.05, 0) is 61.2 Å². The zero-order chi connectivity index (χ0) is 6.40. The van der Waals surface area contributed by atoms with Gasteiger partial charge in [-0.3, -0.25) is 0 Å². The van der Waals surface area contributed by atoms with Crippen molar-refractivity contribution in [2.24, 2.45) is 22.7 Å². The van der Waals surface area contributed by atoms with Gasteiger partial charge in [-0.25, -0.2) is 0 Å². The van der Waals surface area contributed by atoms with Crippen LogP contribution in [0, 0.1) is 22.7 Å². The van der Waals surface area contributed by atoms with Gasteiger partial charge in [-0.1, -0.05) is 0 Å². The minimum atomic E-state index is 0.965. The van der Waals surface area contributed by atoms with Gasteiger partial charge in [0.1, 0.15) is 0 Å². The molecule has 0 N–H and O–H groups in total. The lowest BCUT2D eigenvalue weighted by atomic mass is 9.24.